The van der Waals surface area contributed by atoms with Gasteiger partial charge >= 0.3 is 17.7 Å². The number of rotatable bonds is 5. The third-order valence-corrected chi connectivity index (χ3v) is 6.66. The average Bonchev–Trinajstić information content (AvgIpc) is 3.35. The maximum absolute atomic E-state index is 13.4. The fourth-order valence-electron chi connectivity index (χ4n) is 2.69. The van der Waals surface area contributed by atoms with E-state index in [0.717, 1.165) is 10.6 Å². The second-order valence-electron chi connectivity index (χ2n) is 6.16. The van der Waals surface area contributed by atoms with Crippen LogP contribution in [0.2, 0.25) is 0 Å². The lowest BCUT2D eigenvalue weighted by molar-refractivity contribution is 0.147. The molecular weight excluding hydrogens is 513 g/mol. The van der Waals surface area contributed by atoms with Crippen molar-refractivity contribution in [2.45, 2.75) is 37.1 Å². The molecule has 1 N–H and O–H groups in total. The largest absolute Gasteiger partial charge is 0.467 e. The van der Waals surface area contributed by atoms with E-state index in [0.29, 0.717) is 23.1 Å². The van der Waals surface area contributed by atoms with Crippen molar-refractivity contribution in [3.8, 4) is 6.01 Å². The van der Waals surface area contributed by atoms with Gasteiger partial charge in [0.25, 0.3) is 16.4 Å². The molecule has 2 aromatic rings. The molecule has 1 aliphatic rings. The van der Waals surface area contributed by atoms with Crippen LogP contribution in [0.4, 0.5) is 13.6 Å². The standard InChI is InChI=1S/C15H15F2IN4O5S/c1-7-5-9(12(16)17)11(10(18)6-7)28(25,26)20-13(23)22-15(24)21(8-3-4-8)14(19-22)27-2/h5-6,8,12H,3-4H2,1-2H3,(H,20,23). The molecule has 0 radical (unpaired) electrons. The number of hydrogen-bond donors (Lipinski definition) is 1. The highest BCUT2D eigenvalue weighted by Gasteiger charge is 2.34. The molecule has 9 nitrogen and oxygen atoms in total. The first kappa shape index (κ1) is 20.7. The lowest BCUT2D eigenvalue weighted by Gasteiger charge is -2.13. The molecule has 1 aliphatic carbocycles. The number of sulfonamides is 1. The van der Waals surface area contributed by atoms with E-state index in [9.17, 15) is 26.8 Å². The molecule has 0 aliphatic heterocycles. The molecule has 0 saturated heterocycles. The van der Waals surface area contributed by atoms with Gasteiger partial charge < -0.3 is 4.74 Å². The Morgan fingerprint density at radius 1 is 1.39 bits per heavy atom. The minimum atomic E-state index is -4.70. The van der Waals surface area contributed by atoms with Gasteiger partial charge in [-0.3, -0.25) is 0 Å². The lowest BCUT2D eigenvalue weighted by Crippen LogP contribution is -2.41. The number of aryl methyl sites for hydroxylation is 1. The SMILES string of the molecule is COc1nn(C(=O)NS(=O)(=O)c2c(I)cc(C)cc2C(F)F)c(=O)n1C1CC1. The van der Waals surface area contributed by atoms with E-state index < -0.39 is 38.6 Å². The van der Waals surface area contributed by atoms with Crippen molar-refractivity contribution < 1.29 is 26.7 Å². The van der Waals surface area contributed by atoms with Crippen LogP contribution in [0.15, 0.2) is 21.8 Å². The molecule has 0 unspecified atom stereocenters. The number of nitrogens with zero attached hydrogens (tertiary/aromatic N) is 3. The first-order valence-corrected chi connectivity index (χ1v) is 10.5. The van der Waals surface area contributed by atoms with E-state index in [2.05, 4.69) is 5.10 Å². The normalized spacial score (nSPS) is 14.4. The molecule has 1 saturated carbocycles. The summed E-state index contributed by atoms with van der Waals surface area (Å²) in [6.45, 7) is 1.54. The van der Waals surface area contributed by atoms with E-state index in [1.807, 2.05) is 0 Å². The second kappa shape index (κ2) is 7.42. The van der Waals surface area contributed by atoms with Gasteiger partial charge in [0.15, 0.2) is 0 Å². The van der Waals surface area contributed by atoms with Crippen molar-refractivity contribution >= 4 is 38.6 Å². The predicted octanol–water partition coefficient (Wildman–Crippen LogP) is 2.19. The summed E-state index contributed by atoms with van der Waals surface area (Å²) in [5, 5.41) is 3.68. The fourth-order valence-corrected chi connectivity index (χ4v) is 5.55. The fraction of sp³-hybridized carbons (Fsp3) is 0.400. The van der Waals surface area contributed by atoms with Gasteiger partial charge in [-0.2, -0.15) is 0 Å². The summed E-state index contributed by atoms with van der Waals surface area (Å²) in [5.74, 6) is 0. The lowest BCUT2D eigenvalue weighted by atomic mass is 10.1. The van der Waals surface area contributed by atoms with Gasteiger partial charge in [0.2, 0.25) is 0 Å². The molecule has 1 heterocycles. The van der Waals surface area contributed by atoms with E-state index in [4.69, 9.17) is 4.74 Å². The van der Waals surface area contributed by atoms with Crippen molar-refractivity contribution in [3.63, 3.8) is 0 Å². The minimum absolute atomic E-state index is 0.0154. The average molecular weight is 528 g/mol. The number of carbonyl (C=O) groups is 1. The van der Waals surface area contributed by atoms with Crippen molar-refractivity contribution in [2.75, 3.05) is 7.11 Å². The topological polar surface area (TPSA) is 112 Å². The van der Waals surface area contributed by atoms with Crippen molar-refractivity contribution in [1.82, 2.24) is 19.1 Å². The monoisotopic (exact) mass is 528 g/mol. The van der Waals surface area contributed by atoms with Gasteiger partial charge in [0.05, 0.1) is 7.11 Å². The van der Waals surface area contributed by atoms with Gasteiger partial charge in [-0.1, -0.05) is 0 Å². The smallest absolute Gasteiger partial charge is 0.360 e. The predicted molar refractivity (Wildman–Crippen MR) is 101 cm³/mol. The van der Waals surface area contributed by atoms with Gasteiger partial charge in [-0.15, -0.1) is 9.78 Å². The van der Waals surface area contributed by atoms with Crippen LogP contribution in [0, 0.1) is 10.5 Å². The summed E-state index contributed by atoms with van der Waals surface area (Å²) in [6, 6.07) is 0.715. The minimum Gasteiger partial charge on any atom is -0.467 e. The Morgan fingerprint density at radius 3 is 2.57 bits per heavy atom. The summed E-state index contributed by atoms with van der Waals surface area (Å²) < 4.78 is 60.1. The number of carbonyl (C=O) groups excluding carboxylic acids is 1. The van der Waals surface area contributed by atoms with Crippen molar-refractivity contribution in [2.24, 2.45) is 0 Å². The Bertz CT molecular complexity index is 1110. The Labute approximate surface area is 171 Å². The zero-order chi connectivity index (χ0) is 20.8. The number of nitrogens with one attached hydrogen (secondary N) is 1. The van der Waals surface area contributed by atoms with Crippen LogP contribution < -0.4 is 15.1 Å². The molecule has 0 atom stereocenters. The number of ether oxygens (including phenoxy) is 1. The first-order valence-electron chi connectivity index (χ1n) is 7.97. The molecular formula is C15H15F2IN4O5S. The molecule has 1 aromatic carbocycles. The number of benzene rings is 1. The zero-order valence-electron chi connectivity index (χ0n) is 14.6. The molecule has 152 valence electrons. The second-order valence-corrected chi connectivity index (χ2v) is 8.94. The van der Waals surface area contributed by atoms with Gasteiger partial charge in [0, 0.05) is 15.2 Å². The Balaban J connectivity index is 2.01. The quantitative estimate of drug-likeness (QED) is 0.596. The van der Waals surface area contributed by atoms with E-state index in [-0.39, 0.29) is 15.6 Å². The molecule has 1 amide bonds. The summed E-state index contributed by atoms with van der Waals surface area (Å²) in [7, 11) is -3.45. The first-order chi connectivity index (χ1) is 13.1. The summed E-state index contributed by atoms with van der Waals surface area (Å²) in [6.07, 6.45) is -1.69. The summed E-state index contributed by atoms with van der Waals surface area (Å²) >= 11 is 1.60. The summed E-state index contributed by atoms with van der Waals surface area (Å²) in [4.78, 5) is 24.1. The maximum atomic E-state index is 13.4. The van der Waals surface area contributed by atoms with Crippen LogP contribution in [0.3, 0.4) is 0 Å². The third-order valence-electron chi connectivity index (χ3n) is 4.01. The Hall–Kier alpha value is -2.03. The third kappa shape index (κ3) is 3.76. The molecule has 0 bridgehead atoms. The Morgan fingerprint density at radius 2 is 2.04 bits per heavy atom. The highest BCUT2D eigenvalue weighted by atomic mass is 127. The van der Waals surface area contributed by atoms with Gasteiger partial charge in [0.1, 0.15) is 4.90 Å². The van der Waals surface area contributed by atoms with E-state index in [1.54, 1.807) is 34.2 Å². The number of methoxy groups -OCH3 is 1. The van der Waals surface area contributed by atoms with Crippen LogP contribution >= 0.6 is 22.6 Å². The highest BCUT2D eigenvalue weighted by Crippen LogP contribution is 2.36. The maximum Gasteiger partial charge on any atom is 0.360 e. The number of halogens is 3. The van der Waals surface area contributed by atoms with Gasteiger partial charge in [-0.25, -0.2) is 36.1 Å². The van der Waals surface area contributed by atoms with E-state index >= 15 is 0 Å². The van der Waals surface area contributed by atoms with Crippen LogP contribution in [0.1, 0.15) is 36.4 Å². The van der Waals surface area contributed by atoms with Gasteiger partial charge in [-0.05, 0) is 60.1 Å². The molecule has 3 rings (SSSR count). The number of alkyl halides is 2. The number of hydrogen-bond acceptors (Lipinski definition) is 6. The molecule has 1 fully saturated rings. The summed E-state index contributed by atoms with van der Waals surface area (Å²) in [5.41, 5.74) is -1.17. The highest BCUT2D eigenvalue weighted by molar-refractivity contribution is 14.1. The molecule has 13 heteroatoms. The van der Waals surface area contributed by atoms with Crippen LogP contribution in [-0.2, 0) is 10.0 Å². The van der Waals surface area contributed by atoms with Crippen LogP contribution in [0.5, 0.6) is 6.01 Å². The number of aromatic nitrogens is 3. The molecule has 0 spiro atoms. The zero-order valence-corrected chi connectivity index (χ0v) is 17.6. The van der Waals surface area contributed by atoms with E-state index in [1.165, 1.54) is 13.2 Å². The Kier molecular flexibility index (Phi) is 5.49. The van der Waals surface area contributed by atoms with Crippen molar-refractivity contribution in [1.29, 1.82) is 0 Å². The van der Waals surface area contributed by atoms with Crippen molar-refractivity contribution in [3.05, 3.63) is 37.3 Å². The number of amides is 1. The molecule has 1 aromatic heterocycles. The van der Waals surface area contributed by atoms with Crippen LogP contribution in [0.25, 0.3) is 0 Å². The molecule has 28 heavy (non-hydrogen) atoms. The van der Waals surface area contributed by atoms with Crippen LogP contribution in [-0.4, -0.2) is 35.9 Å².